The van der Waals surface area contributed by atoms with Crippen molar-refractivity contribution in [2.24, 2.45) is 0 Å². The van der Waals surface area contributed by atoms with E-state index in [0.29, 0.717) is 34.9 Å². The summed E-state index contributed by atoms with van der Waals surface area (Å²) in [5, 5.41) is 5.97. The zero-order valence-corrected chi connectivity index (χ0v) is 20.0. The normalized spacial score (nSPS) is 16.4. The van der Waals surface area contributed by atoms with Crippen LogP contribution in [0, 0.1) is 13.8 Å². The van der Waals surface area contributed by atoms with Crippen molar-refractivity contribution >= 4 is 40.0 Å². The molecule has 0 saturated carbocycles. The molecule has 0 spiro atoms. The molecule has 10 nitrogen and oxygen atoms in total. The number of nitrogen functional groups attached to an aromatic ring is 1. The fourth-order valence-corrected chi connectivity index (χ4v) is 4.79. The van der Waals surface area contributed by atoms with Crippen LogP contribution in [0.4, 0.5) is 11.5 Å². The van der Waals surface area contributed by atoms with Gasteiger partial charge in [0.1, 0.15) is 24.4 Å². The summed E-state index contributed by atoms with van der Waals surface area (Å²) in [5.41, 5.74) is 10.5. The first-order valence-electron chi connectivity index (χ1n) is 11.1. The Morgan fingerprint density at radius 1 is 1.21 bits per heavy atom. The summed E-state index contributed by atoms with van der Waals surface area (Å²) in [6, 6.07) is 4.15. The molecule has 1 amide bonds. The number of carbonyl (C=O) groups excluding carboxylic acids is 1. The first-order chi connectivity index (χ1) is 16.3. The topological polar surface area (TPSA) is 122 Å². The van der Waals surface area contributed by atoms with Crippen LogP contribution >= 0.6 is 11.6 Å². The van der Waals surface area contributed by atoms with Crippen LogP contribution in [0.15, 0.2) is 30.9 Å². The molecule has 1 aromatic carbocycles. The van der Waals surface area contributed by atoms with Crippen molar-refractivity contribution in [3.05, 3.63) is 47.0 Å². The molecule has 0 aliphatic carbocycles. The number of nitrogens with zero attached hydrogens (tertiary/aromatic N) is 7. The van der Waals surface area contributed by atoms with E-state index in [4.69, 9.17) is 17.3 Å². The molecule has 34 heavy (non-hydrogen) atoms. The zero-order valence-electron chi connectivity index (χ0n) is 19.3. The number of piperazine rings is 1. The van der Waals surface area contributed by atoms with Gasteiger partial charge in [0.05, 0.1) is 5.39 Å². The molecule has 0 bridgehead atoms. The number of aromatic nitrogens is 6. The average molecular weight is 480 g/mol. The van der Waals surface area contributed by atoms with E-state index in [2.05, 4.69) is 49.8 Å². The number of fused-ring (bicyclic) bond motifs is 1. The number of H-pyrrole nitrogens is 1. The quantitative estimate of drug-likeness (QED) is 0.461. The Kier molecular flexibility index (Phi) is 5.60. The fraction of sp³-hybridized carbons (Fsp3) is 0.348. The van der Waals surface area contributed by atoms with Crippen LogP contribution in [-0.2, 0) is 11.3 Å². The first kappa shape index (κ1) is 22.1. The van der Waals surface area contributed by atoms with Crippen molar-refractivity contribution in [1.29, 1.82) is 0 Å². The van der Waals surface area contributed by atoms with Crippen molar-refractivity contribution in [2.75, 3.05) is 30.3 Å². The molecule has 1 fully saturated rings. The molecular weight excluding hydrogens is 454 g/mol. The van der Waals surface area contributed by atoms with Crippen molar-refractivity contribution in [1.82, 2.24) is 34.6 Å². The Balaban J connectivity index is 1.37. The molecule has 176 valence electrons. The van der Waals surface area contributed by atoms with Gasteiger partial charge in [-0.2, -0.15) is 5.10 Å². The van der Waals surface area contributed by atoms with Crippen LogP contribution in [0.1, 0.15) is 18.1 Å². The number of imidazole rings is 1. The summed E-state index contributed by atoms with van der Waals surface area (Å²) < 4.78 is 1.58. The summed E-state index contributed by atoms with van der Waals surface area (Å²) in [5.74, 6) is 0.822. The van der Waals surface area contributed by atoms with Crippen molar-refractivity contribution in [3.8, 4) is 11.5 Å². The number of carbonyl (C=O) groups is 1. The smallest absolute Gasteiger partial charge is 0.244 e. The molecule has 0 radical (unpaired) electrons. The number of rotatable bonds is 4. The zero-order chi connectivity index (χ0) is 24.0. The SMILES string of the molecule is Cc1cc(N2CCN(C(=O)Cn3nc(-c4ncc[nH]4)c4c(N)ncnc43)C(C)C2)c(C)cc1Cl. The highest BCUT2D eigenvalue weighted by molar-refractivity contribution is 6.31. The lowest BCUT2D eigenvalue weighted by Crippen LogP contribution is -2.55. The number of halogens is 1. The summed E-state index contributed by atoms with van der Waals surface area (Å²) in [4.78, 5) is 33.3. The molecule has 3 aromatic heterocycles. The Hall–Kier alpha value is -3.66. The van der Waals surface area contributed by atoms with Crippen LogP contribution in [0.2, 0.25) is 5.02 Å². The van der Waals surface area contributed by atoms with Gasteiger partial charge in [-0.3, -0.25) is 4.79 Å². The van der Waals surface area contributed by atoms with Crippen molar-refractivity contribution in [3.63, 3.8) is 0 Å². The monoisotopic (exact) mass is 479 g/mol. The Morgan fingerprint density at radius 2 is 2.03 bits per heavy atom. The largest absolute Gasteiger partial charge is 0.383 e. The summed E-state index contributed by atoms with van der Waals surface area (Å²) >= 11 is 6.28. The second-order valence-corrected chi connectivity index (χ2v) is 9.08. The summed E-state index contributed by atoms with van der Waals surface area (Å²) in [6.07, 6.45) is 4.72. The van der Waals surface area contributed by atoms with Gasteiger partial charge in [0.2, 0.25) is 5.91 Å². The van der Waals surface area contributed by atoms with E-state index in [9.17, 15) is 4.79 Å². The van der Waals surface area contributed by atoms with Gasteiger partial charge in [0, 0.05) is 48.8 Å². The first-order valence-corrected chi connectivity index (χ1v) is 11.5. The molecule has 1 aliphatic heterocycles. The Morgan fingerprint density at radius 3 is 2.76 bits per heavy atom. The number of nitrogens with two attached hydrogens (primary N) is 1. The number of benzene rings is 1. The van der Waals surface area contributed by atoms with E-state index in [1.54, 1.807) is 17.1 Å². The predicted molar refractivity (Wildman–Crippen MR) is 132 cm³/mol. The molecule has 1 atom stereocenters. The minimum absolute atomic E-state index is 0.0243. The van der Waals surface area contributed by atoms with E-state index >= 15 is 0 Å². The van der Waals surface area contributed by atoms with Crippen molar-refractivity contribution < 1.29 is 4.79 Å². The molecular formula is C23H26ClN9O. The van der Waals surface area contributed by atoms with Gasteiger partial charge in [-0.05, 0) is 44.0 Å². The standard InChI is InChI=1S/C23H26ClN9O/c1-13-9-17(14(2)8-16(13)24)31-6-7-32(15(3)10-31)18(34)11-33-23-19(21(25)28-12-29-23)20(30-33)22-26-4-5-27-22/h4-5,8-9,12,15H,6-7,10-11H2,1-3H3,(H,26,27)(H2,25,28,29). The minimum atomic E-state index is -0.0243. The maximum atomic E-state index is 13.3. The molecule has 11 heteroatoms. The van der Waals surface area contributed by atoms with E-state index in [1.165, 1.54) is 6.33 Å². The molecule has 1 unspecified atom stereocenters. The highest BCUT2D eigenvalue weighted by atomic mass is 35.5. The van der Waals surface area contributed by atoms with Crippen LogP contribution in [0.5, 0.6) is 0 Å². The lowest BCUT2D eigenvalue weighted by molar-refractivity contribution is -0.134. The van der Waals surface area contributed by atoms with Crippen LogP contribution in [0.25, 0.3) is 22.6 Å². The highest BCUT2D eigenvalue weighted by Crippen LogP contribution is 2.30. The average Bonchev–Trinajstić information content (AvgIpc) is 3.45. The third-order valence-electron chi connectivity index (χ3n) is 6.33. The minimum Gasteiger partial charge on any atom is -0.383 e. The summed E-state index contributed by atoms with van der Waals surface area (Å²) in [6.45, 7) is 8.29. The van der Waals surface area contributed by atoms with Gasteiger partial charge < -0.3 is 20.5 Å². The number of hydrogen-bond donors (Lipinski definition) is 2. The number of hydrogen-bond acceptors (Lipinski definition) is 7. The van der Waals surface area contributed by atoms with Gasteiger partial charge >= 0.3 is 0 Å². The molecule has 4 heterocycles. The van der Waals surface area contributed by atoms with Crippen LogP contribution in [0.3, 0.4) is 0 Å². The third kappa shape index (κ3) is 3.83. The molecule has 3 N–H and O–H groups in total. The predicted octanol–water partition coefficient (Wildman–Crippen LogP) is 2.81. The van der Waals surface area contributed by atoms with Gasteiger partial charge in [0.15, 0.2) is 11.5 Å². The number of aryl methyl sites for hydroxylation is 2. The second-order valence-electron chi connectivity index (χ2n) is 8.67. The maximum absolute atomic E-state index is 13.3. The Labute approximate surface area is 201 Å². The van der Waals surface area contributed by atoms with Gasteiger partial charge in [-0.25, -0.2) is 19.6 Å². The highest BCUT2D eigenvalue weighted by Gasteiger charge is 2.29. The summed E-state index contributed by atoms with van der Waals surface area (Å²) in [7, 11) is 0. The number of aromatic amines is 1. The Bertz CT molecular complexity index is 1360. The molecule has 4 aromatic rings. The van der Waals surface area contributed by atoms with Crippen molar-refractivity contribution in [2.45, 2.75) is 33.4 Å². The van der Waals surface area contributed by atoms with Gasteiger partial charge in [0.25, 0.3) is 0 Å². The number of anilines is 2. The molecule has 1 saturated heterocycles. The van der Waals surface area contributed by atoms with Gasteiger partial charge in [-0.1, -0.05) is 11.6 Å². The lowest BCUT2D eigenvalue weighted by Gasteiger charge is -2.41. The lowest BCUT2D eigenvalue weighted by atomic mass is 10.1. The molecule has 5 rings (SSSR count). The van der Waals surface area contributed by atoms with Gasteiger partial charge in [-0.15, -0.1) is 0 Å². The molecule has 1 aliphatic rings. The second kappa shape index (κ2) is 8.60. The third-order valence-corrected chi connectivity index (χ3v) is 6.74. The van der Waals surface area contributed by atoms with Crippen LogP contribution < -0.4 is 10.6 Å². The number of amides is 1. The van der Waals surface area contributed by atoms with E-state index in [-0.39, 0.29) is 18.5 Å². The maximum Gasteiger partial charge on any atom is 0.244 e. The van der Waals surface area contributed by atoms with E-state index in [0.717, 1.165) is 34.9 Å². The number of nitrogens with one attached hydrogen (secondary N) is 1. The van der Waals surface area contributed by atoms with Crippen LogP contribution in [-0.4, -0.2) is 66.2 Å². The van der Waals surface area contributed by atoms with E-state index in [1.807, 2.05) is 17.9 Å². The fourth-order valence-electron chi connectivity index (χ4n) is 4.57. The van der Waals surface area contributed by atoms with E-state index < -0.39 is 0 Å².